The van der Waals surface area contributed by atoms with Gasteiger partial charge in [-0.15, -0.1) is 11.3 Å². The fourth-order valence-corrected chi connectivity index (χ4v) is 6.76. The summed E-state index contributed by atoms with van der Waals surface area (Å²) < 4.78 is 6.05. The van der Waals surface area contributed by atoms with Crippen molar-refractivity contribution >= 4 is 45.6 Å². The van der Waals surface area contributed by atoms with Gasteiger partial charge in [-0.1, -0.05) is 24.6 Å². The topological polar surface area (TPSA) is 118 Å². The summed E-state index contributed by atoms with van der Waals surface area (Å²) in [5, 5.41) is 11.5. The highest BCUT2D eigenvalue weighted by Crippen LogP contribution is 2.36. The molecule has 10 heteroatoms. The lowest BCUT2D eigenvalue weighted by atomic mass is 9.85. The zero-order valence-electron chi connectivity index (χ0n) is 24.9. The van der Waals surface area contributed by atoms with E-state index in [9.17, 15) is 9.59 Å². The number of ether oxygens (including phenoxy) is 1. The summed E-state index contributed by atoms with van der Waals surface area (Å²) in [4.78, 5) is 40.3. The molecular weight excluding hydrogens is 572 g/mol. The summed E-state index contributed by atoms with van der Waals surface area (Å²) in [7, 11) is 0. The number of rotatable bonds is 12. The Balaban J connectivity index is 1.00. The monoisotopic (exact) mass is 610 g/mol. The van der Waals surface area contributed by atoms with E-state index in [0.717, 1.165) is 74.4 Å². The fourth-order valence-electron chi connectivity index (χ4n) is 5.84. The third-order valence-electron chi connectivity index (χ3n) is 8.80. The zero-order chi connectivity index (χ0) is 29.9. The number of amides is 2. The molecule has 2 saturated carbocycles. The lowest BCUT2D eigenvalue weighted by Crippen LogP contribution is -2.28. The summed E-state index contributed by atoms with van der Waals surface area (Å²) in [6.45, 7) is 1.83. The maximum atomic E-state index is 13.4. The standard InChI is InChI=1S/C34H38N6O3S/c41-31(22-7-5-8-22)39-28-19-23(15-18-35-28)34-40-33(43-20-21-13-14-21)30(44-34)32(42)37-17-6-16-36-29-24-9-1-3-11-26(24)38-27-12-4-2-10-25(27)29/h1,3,9,11,15,18-19,21-22H,2,4-8,10,12-14,16-17,20H2,(H,36,38)(H,37,42)(H,35,39,41). The Morgan fingerprint density at radius 2 is 1.84 bits per heavy atom. The van der Waals surface area contributed by atoms with E-state index in [-0.39, 0.29) is 17.7 Å². The molecule has 4 aromatic rings. The van der Waals surface area contributed by atoms with Gasteiger partial charge in [-0.25, -0.2) is 9.97 Å². The first-order chi connectivity index (χ1) is 21.6. The first kappa shape index (κ1) is 28.7. The number of nitrogens with zero attached hydrogens (tertiary/aromatic N) is 3. The van der Waals surface area contributed by atoms with E-state index in [4.69, 9.17) is 14.7 Å². The van der Waals surface area contributed by atoms with Crippen molar-refractivity contribution in [2.24, 2.45) is 11.8 Å². The molecule has 0 unspecified atom stereocenters. The van der Waals surface area contributed by atoms with E-state index < -0.39 is 0 Å². The molecule has 7 rings (SSSR count). The number of carbonyl (C=O) groups excluding carboxylic acids is 2. The van der Waals surface area contributed by atoms with Crippen LogP contribution in [0.2, 0.25) is 0 Å². The van der Waals surface area contributed by atoms with Crippen LogP contribution >= 0.6 is 11.3 Å². The van der Waals surface area contributed by atoms with Gasteiger partial charge in [0.25, 0.3) is 5.91 Å². The summed E-state index contributed by atoms with van der Waals surface area (Å²) >= 11 is 1.31. The molecule has 0 spiro atoms. The van der Waals surface area contributed by atoms with Crippen LogP contribution in [0.1, 0.15) is 72.3 Å². The Morgan fingerprint density at radius 1 is 0.977 bits per heavy atom. The van der Waals surface area contributed by atoms with E-state index in [2.05, 4.69) is 39.1 Å². The second-order valence-electron chi connectivity index (χ2n) is 12.1. The highest BCUT2D eigenvalue weighted by Gasteiger charge is 2.27. The van der Waals surface area contributed by atoms with Crippen LogP contribution in [0, 0.1) is 11.8 Å². The zero-order valence-corrected chi connectivity index (χ0v) is 25.7. The average molecular weight is 611 g/mol. The molecule has 1 aromatic carbocycles. The van der Waals surface area contributed by atoms with Crippen LogP contribution in [0.3, 0.4) is 0 Å². The van der Waals surface area contributed by atoms with Crippen LogP contribution in [0.25, 0.3) is 21.5 Å². The minimum Gasteiger partial charge on any atom is -0.476 e. The number of hydrogen-bond acceptors (Lipinski definition) is 8. The third-order valence-corrected chi connectivity index (χ3v) is 9.88. The Labute approximate surface area is 261 Å². The molecule has 0 saturated heterocycles. The smallest absolute Gasteiger partial charge is 0.267 e. The quantitative estimate of drug-likeness (QED) is 0.159. The van der Waals surface area contributed by atoms with Gasteiger partial charge < -0.3 is 20.7 Å². The van der Waals surface area contributed by atoms with Crippen molar-refractivity contribution in [2.45, 2.75) is 64.2 Å². The Hall–Kier alpha value is -4.05. The number of fused-ring (bicyclic) bond motifs is 2. The fraction of sp³-hybridized carbons (Fsp3) is 0.441. The van der Waals surface area contributed by atoms with Crippen LogP contribution in [-0.2, 0) is 17.6 Å². The van der Waals surface area contributed by atoms with Crippen molar-refractivity contribution in [3.05, 3.63) is 58.7 Å². The van der Waals surface area contributed by atoms with Crippen molar-refractivity contribution in [2.75, 3.05) is 30.3 Å². The van der Waals surface area contributed by atoms with Gasteiger partial charge >= 0.3 is 0 Å². The first-order valence-electron chi connectivity index (χ1n) is 16.0. The van der Waals surface area contributed by atoms with Gasteiger partial charge in [0.1, 0.15) is 10.8 Å². The molecule has 0 radical (unpaired) electrons. The number of benzene rings is 1. The Kier molecular flexibility index (Phi) is 8.41. The summed E-state index contributed by atoms with van der Waals surface area (Å²) in [6.07, 6.45) is 12.1. The molecule has 2 fully saturated rings. The summed E-state index contributed by atoms with van der Waals surface area (Å²) in [5.41, 5.74) is 5.58. The highest BCUT2D eigenvalue weighted by molar-refractivity contribution is 7.17. The van der Waals surface area contributed by atoms with Crippen LogP contribution in [0.15, 0.2) is 42.6 Å². The molecule has 3 heterocycles. The number of thiazole rings is 1. The maximum absolute atomic E-state index is 13.4. The number of hydrogen-bond donors (Lipinski definition) is 3. The maximum Gasteiger partial charge on any atom is 0.267 e. The average Bonchev–Trinajstić information content (AvgIpc) is 3.75. The van der Waals surface area contributed by atoms with Crippen molar-refractivity contribution < 1.29 is 14.3 Å². The van der Waals surface area contributed by atoms with Crippen LogP contribution < -0.4 is 20.7 Å². The minimum absolute atomic E-state index is 0.0139. The van der Waals surface area contributed by atoms with Gasteiger partial charge in [-0.05, 0) is 87.5 Å². The molecule has 0 bridgehead atoms. The van der Waals surface area contributed by atoms with E-state index in [1.54, 1.807) is 6.20 Å². The lowest BCUT2D eigenvalue weighted by Gasteiger charge is -2.23. The first-order valence-corrected chi connectivity index (χ1v) is 16.8. The van der Waals surface area contributed by atoms with Gasteiger partial charge in [0, 0.05) is 47.5 Å². The largest absolute Gasteiger partial charge is 0.476 e. The van der Waals surface area contributed by atoms with Crippen molar-refractivity contribution in [1.29, 1.82) is 0 Å². The van der Waals surface area contributed by atoms with E-state index in [0.29, 0.717) is 40.7 Å². The van der Waals surface area contributed by atoms with Crippen LogP contribution in [0.4, 0.5) is 11.5 Å². The lowest BCUT2D eigenvalue weighted by molar-refractivity contribution is -0.122. The normalized spacial score (nSPS) is 16.2. The SMILES string of the molecule is O=C(NCCCNc1c2c(nc3ccccc13)CCCC2)c1sc(-c2ccnc(NC(=O)C3CCC3)c2)nc1OCC1CC1. The van der Waals surface area contributed by atoms with Gasteiger partial charge in [0.05, 0.1) is 12.1 Å². The molecule has 0 aliphatic heterocycles. The van der Waals surface area contributed by atoms with Crippen molar-refractivity contribution in [1.82, 2.24) is 20.3 Å². The van der Waals surface area contributed by atoms with Crippen molar-refractivity contribution in [3.63, 3.8) is 0 Å². The second-order valence-corrected chi connectivity index (χ2v) is 13.1. The molecule has 3 aromatic heterocycles. The number of aromatic nitrogens is 3. The Morgan fingerprint density at radius 3 is 2.68 bits per heavy atom. The number of nitrogens with one attached hydrogen (secondary N) is 3. The second kappa shape index (κ2) is 12.9. The van der Waals surface area contributed by atoms with Crippen LogP contribution in [-0.4, -0.2) is 46.5 Å². The molecule has 44 heavy (non-hydrogen) atoms. The minimum atomic E-state index is -0.182. The van der Waals surface area contributed by atoms with Gasteiger partial charge in [-0.2, -0.15) is 0 Å². The van der Waals surface area contributed by atoms with Crippen LogP contribution in [0.5, 0.6) is 5.88 Å². The number of aryl methyl sites for hydroxylation is 1. The molecule has 0 atom stereocenters. The third kappa shape index (κ3) is 6.40. The molecular formula is C34H38N6O3S. The number of pyridine rings is 2. The Bertz CT molecular complexity index is 1680. The number of carbonyl (C=O) groups is 2. The summed E-state index contributed by atoms with van der Waals surface area (Å²) in [5.74, 6) is 1.31. The molecule has 228 valence electrons. The molecule has 9 nitrogen and oxygen atoms in total. The predicted molar refractivity (Wildman–Crippen MR) is 173 cm³/mol. The summed E-state index contributed by atoms with van der Waals surface area (Å²) in [6, 6.07) is 12.0. The molecule has 3 aliphatic carbocycles. The van der Waals surface area contributed by atoms with Gasteiger partial charge in [0.15, 0.2) is 4.88 Å². The highest BCUT2D eigenvalue weighted by atomic mass is 32.1. The number of anilines is 2. The van der Waals surface area contributed by atoms with E-state index in [1.807, 2.05) is 18.2 Å². The van der Waals surface area contributed by atoms with Crippen molar-refractivity contribution in [3.8, 4) is 16.5 Å². The molecule has 3 N–H and O–H groups in total. The van der Waals surface area contributed by atoms with E-state index >= 15 is 0 Å². The molecule has 2 amide bonds. The number of para-hydroxylation sites is 1. The molecule has 3 aliphatic rings. The van der Waals surface area contributed by atoms with Gasteiger partial charge in [-0.3, -0.25) is 14.6 Å². The van der Waals surface area contributed by atoms with Gasteiger partial charge in [0.2, 0.25) is 11.8 Å². The predicted octanol–water partition coefficient (Wildman–Crippen LogP) is 6.39. The van der Waals surface area contributed by atoms with E-state index in [1.165, 1.54) is 41.1 Å².